The van der Waals surface area contributed by atoms with E-state index in [1.165, 1.54) is 38.5 Å². The van der Waals surface area contributed by atoms with Crippen molar-refractivity contribution in [2.24, 2.45) is 0 Å². The quantitative estimate of drug-likeness (QED) is 0.463. The van der Waals surface area contributed by atoms with Crippen LogP contribution >= 0.6 is 0 Å². The number of likely N-dealkylation sites (tertiary alicyclic amines) is 1. The lowest BCUT2D eigenvalue weighted by Crippen LogP contribution is -2.27. The third-order valence-corrected chi connectivity index (χ3v) is 3.36. The average molecular weight is 237 g/mol. The summed E-state index contributed by atoms with van der Waals surface area (Å²) < 4.78 is 0. The van der Waals surface area contributed by atoms with E-state index in [2.05, 4.69) is 19.1 Å². The molecule has 0 aromatic rings. The molecular formula is C15H27NO. The van der Waals surface area contributed by atoms with Crippen molar-refractivity contribution in [3.05, 3.63) is 12.2 Å². The second-order valence-electron chi connectivity index (χ2n) is 4.95. The van der Waals surface area contributed by atoms with Gasteiger partial charge in [0.2, 0.25) is 5.91 Å². The third kappa shape index (κ3) is 6.50. The summed E-state index contributed by atoms with van der Waals surface area (Å²) in [5.41, 5.74) is 0. The molecule has 0 aromatic carbocycles. The number of hydrogen-bond donors (Lipinski definition) is 0. The van der Waals surface area contributed by atoms with Crippen molar-refractivity contribution in [2.45, 2.75) is 64.7 Å². The van der Waals surface area contributed by atoms with Crippen molar-refractivity contribution in [1.29, 1.82) is 0 Å². The number of nitrogens with zero attached hydrogens (tertiary/aromatic N) is 1. The molecule has 1 amide bonds. The first kappa shape index (κ1) is 14.3. The Kier molecular flexibility index (Phi) is 7.78. The Bertz CT molecular complexity index is 229. The van der Waals surface area contributed by atoms with Gasteiger partial charge < -0.3 is 4.90 Å². The highest BCUT2D eigenvalue weighted by atomic mass is 16.2. The minimum atomic E-state index is 0.363. The standard InChI is InChI=1S/C15H27NO/c1-2-3-4-5-6-7-8-9-12-15(17)16-13-10-11-14-16/h6-7H,2-5,8-14H2,1H3/b7-6-. The first-order valence-corrected chi connectivity index (χ1v) is 7.27. The van der Waals surface area contributed by atoms with Crippen LogP contribution in [-0.4, -0.2) is 23.9 Å². The Morgan fingerprint density at radius 2 is 1.71 bits per heavy atom. The van der Waals surface area contributed by atoms with E-state index in [0.29, 0.717) is 5.91 Å². The Balaban J connectivity index is 1.94. The molecule has 0 aliphatic carbocycles. The van der Waals surface area contributed by atoms with Gasteiger partial charge >= 0.3 is 0 Å². The van der Waals surface area contributed by atoms with Crippen LogP contribution in [0.25, 0.3) is 0 Å². The van der Waals surface area contributed by atoms with E-state index < -0.39 is 0 Å². The predicted octanol–water partition coefficient (Wildman–Crippen LogP) is 3.92. The van der Waals surface area contributed by atoms with Crippen molar-refractivity contribution >= 4 is 5.91 Å². The van der Waals surface area contributed by atoms with Crippen molar-refractivity contribution in [3.63, 3.8) is 0 Å². The van der Waals surface area contributed by atoms with Crippen molar-refractivity contribution < 1.29 is 4.79 Å². The fourth-order valence-corrected chi connectivity index (χ4v) is 2.24. The summed E-state index contributed by atoms with van der Waals surface area (Å²) >= 11 is 0. The molecule has 1 heterocycles. The first-order valence-electron chi connectivity index (χ1n) is 7.27. The van der Waals surface area contributed by atoms with E-state index in [1.807, 2.05) is 4.90 Å². The second-order valence-corrected chi connectivity index (χ2v) is 4.95. The van der Waals surface area contributed by atoms with Gasteiger partial charge in [0.25, 0.3) is 0 Å². The highest BCUT2D eigenvalue weighted by Crippen LogP contribution is 2.11. The summed E-state index contributed by atoms with van der Waals surface area (Å²) in [5, 5.41) is 0. The van der Waals surface area contributed by atoms with Crippen LogP contribution in [0, 0.1) is 0 Å². The van der Waals surface area contributed by atoms with Crippen LogP contribution in [0.3, 0.4) is 0 Å². The van der Waals surface area contributed by atoms with E-state index in [1.54, 1.807) is 0 Å². The smallest absolute Gasteiger partial charge is 0.222 e. The lowest BCUT2D eigenvalue weighted by atomic mass is 10.1. The van der Waals surface area contributed by atoms with Crippen LogP contribution < -0.4 is 0 Å². The number of allylic oxidation sites excluding steroid dienone is 2. The zero-order valence-electron chi connectivity index (χ0n) is 11.3. The van der Waals surface area contributed by atoms with Crippen LogP contribution in [0.15, 0.2) is 12.2 Å². The van der Waals surface area contributed by atoms with Crippen molar-refractivity contribution in [3.8, 4) is 0 Å². The monoisotopic (exact) mass is 237 g/mol. The molecular weight excluding hydrogens is 210 g/mol. The molecule has 98 valence electrons. The minimum Gasteiger partial charge on any atom is -0.343 e. The third-order valence-electron chi connectivity index (χ3n) is 3.36. The molecule has 0 aromatic heterocycles. The molecule has 0 unspecified atom stereocenters. The maximum Gasteiger partial charge on any atom is 0.222 e. The number of hydrogen-bond acceptors (Lipinski definition) is 1. The molecule has 0 atom stereocenters. The summed E-state index contributed by atoms with van der Waals surface area (Å²) in [5.74, 6) is 0.363. The fraction of sp³-hybridized carbons (Fsp3) is 0.800. The average Bonchev–Trinajstić information content (AvgIpc) is 2.86. The van der Waals surface area contributed by atoms with Crippen LogP contribution in [0.4, 0.5) is 0 Å². The fourth-order valence-electron chi connectivity index (χ4n) is 2.24. The topological polar surface area (TPSA) is 20.3 Å². The predicted molar refractivity (Wildman–Crippen MR) is 72.9 cm³/mol. The molecule has 0 spiro atoms. The van der Waals surface area contributed by atoms with E-state index in [4.69, 9.17) is 0 Å². The molecule has 1 fully saturated rings. The van der Waals surface area contributed by atoms with Gasteiger partial charge in [0, 0.05) is 19.5 Å². The number of carbonyl (C=O) groups excluding carboxylic acids is 1. The van der Waals surface area contributed by atoms with Crippen LogP contribution in [0.2, 0.25) is 0 Å². The molecule has 0 bridgehead atoms. The zero-order valence-corrected chi connectivity index (χ0v) is 11.3. The highest BCUT2D eigenvalue weighted by molar-refractivity contribution is 5.76. The van der Waals surface area contributed by atoms with Gasteiger partial charge in [-0.2, -0.15) is 0 Å². The van der Waals surface area contributed by atoms with Gasteiger partial charge in [-0.3, -0.25) is 4.79 Å². The largest absolute Gasteiger partial charge is 0.343 e. The Hall–Kier alpha value is -0.790. The van der Waals surface area contributed by atoms with Gasteiger partial charge in [-0.25, -0.2) is 0 Å². The number of rotatable bonds is 8. The number of amides is 1. The molecule has 2 heteroatoms. The summed E-state index contributed by atoms with van der Waals surface area (Å²) in [4.78, 5) is 13.7. The first-order chi connectivity index (χ1) is 8.34. The van der Waals surface area contributed by atoms with Crippen LogP contribution in [-0.2, 0) is 4.79 Å². The molecule has 0 saturated carbocycles. The molecule has 2 nitrogen and oxygen atoms in total. The Morgan fingerprint density at radius 1 is 1.06 bits per heavy atom. The van der Waals surface area contributed by atoms with Gasteiger partial charge in [0.05, 0.1) is 0 Å². The number of unbranched alkanes of at least 4 members (excludes halogenated alkanes) is 4. The molecule has 1 rings (SSSR count). The second kappa shape index (κ2) is 9.26. The molecule has 1 aliphatic rings. The highest BCUT2D eigenvalue weighted by Gasteiger charge is 2.16. The lowest BCUT2D eigenvalue weighted by molar-refractivity contribution is -0.130. The van der Waals surface area contributed by atoms with Gasteiger partial charge in [0.15, 0.2) is 0 Å². The van der Waals surface area contributed by atoms with Gasteiger partial charge in [0.1, 0.15) is 0 Å². The molecule has 1 saturated heterocycles. The normalized spacial score (nSPS) is 15.9. The minimum absolute atomic E-state index is 0.363. The summed E-state index contributed by atoms with van der Waals surface area (Å²) in [6.07, 6.45) is 14.9. The maximum atomic E-state index is 11.7. The Morgan fingerprint density at radius 3 is 2.35 bits per heavy atom. The summed E-state index contributed by atoms with van der Waals surface area (Å²) in [6.45, 7) is 4.21. The molecule has 0 N–H and O–H groups in total. The summed E-state index contributed by atoms with van der Waals surface area (Å²) in [6, 6.07) is 0. The SMILES string of the molecule is CCCCC/C=C\CCCC(=O)N1CCCC1. The van der Waals surface area contributed by atoms with E-state index in [9.17, 15) is 4.79 Å². The molecule has 0 radical (unpaired) electrons. The van der Waals surface area contributed by atoms with Crippen molar-refractivity contribution in [1.82, 2.24) is 4.90 Å². The number of carbonyl (C=O) groups is 1. The van der Waals surface area contributed by atoms with Gasteiger partial charge in [-0.15, -0.1) is 0 Å². The van der Waals surface area contributed by atoms with Gasteiger partial charge in [-0.05, 0) is 38.5 Å². The van der Waals surface area contributed by atoms with E-state index >= 15 is 0 Å². The lowest BCUT2D eigenvalue weighted by Gasteiger charge is -2.14. The van der Waals surface area contributed by atoms with E-state index in [-0.39, 0.29) is 0 Å². The maximum absolute atomic E-state index is 11.7. The molecule has 1 aliphatic heterocycles. The Labute approximate surface area is 106 Å². The van der Waals surface area contributed by atoms with Crippen LogP contribution in [0.1, 0.15) is 64.7 Å². The van der Waals surface area contributed by atoms with E-state index in [0.717, 1.165) is 32.4 Å². The zero-order chi connectivity index (χ0) is 12.3. The van der Waals surface area contributed by atoms with Crippen LogP contribution in [0.5, 0.6) is 0 Å². The van der Waals surface area contributed by atoms with Crippen molar-refractivity contribution in [2.75, 3.05) is 13.1 Å². The van der Waals surface area contributed by atoms with Gasteiger partial charge in [-0.1, -0.05) is 31.9 Å². The summed E-state index contributed by atoms with van der Waals surface area (Å²) in [7, 11) is 0. The molecule has 17 heavy (non-hydrogen) atoms.